The first-order chi connectivity index (χ1) is 14.1. The van der Waals surface area contributed by atoms with Crippen LogP contribution in [0.2, 0.25) is 0 Å². The molecule has 5 rings (SSSR count). The largest absolute Gasteiger partial charge is 0.493 e. The summed E-state index contributed by atoms with van der Waals surface area (Å²) in [5, 5.41) is 2.88. The van der Waals surface area contributed by atoms with E-state index in [0.29, 0.717) is 28.7 Å². The number of anilines is 1. The third kappa shape index (κ3) is 2.49. The fourth-order valence-corrected chi connectivity index (χ4v) is 4.10. The van der Waals surface area contributed by atoms with Crippen molar-refractivity contribution in [3.8, 4) is 11.5 Å². The molecule has 2 aromatic heterocycles. The van der Waals surface area contributed by atoms with Crippen LogP contribution in [0.5, 0.6) is 11.5 Å². The molecule has 0 saturated heterocycles. The highest BCUT2D eigenvalue weighted by molar-refractivity contribution is 5.96. The number of carbonyl (C=O) groups is 1. The molecule has 0 aliphatic carbocycles. The van der Waals surface area contributed by atoms with Crippen LogP contribution in [0.25, 0.3) is 16.8 Å². The number of fused-ring (bicyclic) bond motifs is 5. The Bertz CT molecular complexity index is 1340. The number of imidazole rings is 1. The number of nitrogens with one attached hydrogen (secondary N) is 2. The summed E-state index contributed by atoms with van der Waals surface area (Å²) >= 11 is 0. The lowest BCUT2D eigenvalue weighted by Crippen LogP contribution is -2.32. The monoisotopic (exact) mass is 390 g/mol. The topological polar surface area (TPSA) is 97.7 Å². The molecule has 146 valence electrons. The molecule has 1 aliphatic rings. The van der Waals surface area contributed by atoms with Gasteiger partial charge in [0.05, 0.1) is 30.8 Å². The summed E-state index contributed by atoms with van der Waals surface area (Å²) in [4.78, 5) is 33.1. The van der Waals surface area contributed by atoms with Crippen LogP contribution < -0.4 is 20.3 Å². The van der Waals surface area contributed by atoms with Gasteiger partial charge in [-0.2, -0.15) is 0 Å². The number of amides is 1. The zero-order valence-corrected chi connectivity index (χ0v) is 15.9. The normalized spacial score (nSPS) is 15.9. The van der Waals surface area contributed by atoms with Gasteiger partial charge in [0.2, 0.25) is 11.7 Å². The Kier molecular flexibility index (Phi) is 3.80. The highest BCUT2D eigenvalue weighted by atomic mass is 16.5. The number of aromatic amines is 1. The Labute approximate surface area is 165 Å². The van der Waals surface area contributed by atoms with Gasteiger partial charge in [0, 0.05) is 17.9 Å². The summed E-state index contributed by atoms with van der Waals surface area (Å²) in [6.45, 7) is 0. The van der Waals surface area contributed by atoms with Crippen LogP contribution in [-0.2, 0) is 4.79 Å². The Morgan fingerprint density at radius 1 is 1.07 bits per heavy atom. The minimum atomic E-state index is -0.488. The molecule has 0 unspecified atom stereocenters. The molecule has 1 amide bonds. The molecule has 2 aromatic carbocycles. The van der Waals surface area contributed by atoms with E-state index in [1.807, 2.05) is 36.4 Å². The van der Waals surface area contributed by atoms with Crippen LogP contribution in [0.15, 0.2) is 47.3 Å². The highest BCUT2D eigenvalue weighted by Gasteiger charge is 2.34. The van der Waals surface area contributed by atoms with Gasteiger partial charge in [0.15, 0.2) is 11.5 Å². The molecule has 29 heavy (non-hydrogen) atoms. The molecule has 1 atom stereocenters. The molecule has 4 aromatic rings. The molecule has 0 fully saturated rings. The molecule has 8 heteroatoms. The number of methoxy groups -OCH3 is 2. The quantitative estimate of drug-likeness (QED) is 0.561. The second kappa shape index (κ2) is 6.37. The number of hydrogen-bond acceptors (Lipinski definition) is 5. The zero-order chi connectivity index (χ0) is 20.1. The van der Waals surface area contributed by atoms with Crippen LogP contribution in [0.3, 0.4) is 0 Å². The summed E-state index contributed by atoms with van der Waals surface area (Å²) in [5.41, 5.74) is 2.42. The summed E-state index contributed by atoms with van der Waals surface area (Å²) in [6, 6.07) is 13.0. The second-order valence-electron chi connectivity index (χ2n) is 6.86. The van der Waals surface area contributed by atoms with E-state index in [9.17, 15) is 9.59 Å². The van der Waals surface area contributed by atoms with Gasteiger partial charge in [-0.15, -0.1) is 0 Å². The number of nitrogens with zero attached hydrogens (tertiary/aromatic N) is 2. The van der Waals surface area contributed by atoms with E-state index in [1.54, 1.807) is 24.7 Å². The third-order valence-corrected chi connectivity index (χ3v) is 5.31. The van der Waals surface area contributed by atoms with Crippen molar-refractivity contribution in [2.75, 3.05) is 19.5 Å². The van der Waals surface area contributed by atoms with Crippen molar-refractivity contribution in [2.24, 2.45) is 0 Å². The number of rotatable bonds is 3. The minimum Gasteiger partial charge on any atom is -0.493 e. The summed E-state index contributed by atoms with van der Waals surface area (Å²) in [7, 11) is 3.10. The van der Waals surface area contributed by atoms with E-state index in [1.165, 1.54) is 0 Å². The van der Waals surface area contributed by atoms with Gasteiger partial charge in [0.25, 0.3) is 5.56 Å². The van der Waals surface area contributed by atoms with Crippen molar-refractivity contribution in [3.63, 3.8) is 0 Å². The first kappa shape index (κ1) is 17.3. The zero-order valence-electron chi connectivity index (χ0n) is 15.9. The second-order valence-corrected chi connectivity index (χ2v) is 6.86. The minimum absolute atomic E-state index is 0.123. The number of hydrogen-bond donors (Lipinski definition) is 2. The lowest BCUT2D eigenvalue weighted by atomic mass is 9.86. The number of carbonyl (C=O) groups excluding carboxylic acids is 1. The summed E-state index contributed by atoms with van der Waals surface area (Å²) < 4.78 is 12.7. The Morgan fingerprint density at radius 3 is 2.69 bits per heavy atom. The van der Waals surface area contributed by atoms with E-state index in [0.717, 1.165) is 16.6 Å². The molecule has 0 radical (unpaired) electrons. The lowest BCUT2D eigenvalue weighted by molar-refractivity contribution is -0.116. The molecule has 0 spiro atoms. The van der Waals surface area contributed by atoms with Crippen molar-refractivity contribution in [1.29, 1.82) is 0 Å². The van der Waals surface area contributed by atoms with Gasteiger partial charge in [-0.05, 0) is 18.2 Å². The maximum Gasteiger partial charge on any atom is 0.258 e. The molecule has 2 N–H and O–H groups in total. The van der Waals surface area contributed by atoms with E-state index in [-0.39, 0.29) is 17.9 Å². The first-order valence-corrected chi connectivity index (χ1v) is 9.16. The lowest BCUT2D eigenvalue weighted by Gasteiger charge is -2.27. The van der Waals surface area contributed by atoms with E-state index in [4.69, 9.17) is 9.47 Å². The molecule has 3 heterocycles. The number of H-pyrrole nitrogens is 1. The Hall–Kier alpha value is -3.81. The molecule has 0 bridgehead atoms. The van der Waals surface area contributed by atoms with Crippen molar-refractivity contribution >= 4 is 28.5 Å². The smallest absolute Gasteiger partial charge is 0.258 e. The van der Waals surface area contributed by atoms with E-state index >= 15 is 0 Å². The number of benzene rings is 2. The van der Waals surface area contributed by atoms with Crippen LogP contribution in [-0.4, -0.2) is 34.5 Å². The van der Waals surface area contributed by atoms with Crippen molar-refractivity contribution in [1.82, 2.24) is 14.4 Å². The fraction of sp³-hybridized carbons (Fsp3) is 0.190. The van der Waals surface area contributed by atoms with Gasteiger partial charge in [-0.1, -0.05) is 24.3 Å². The van der Waals surface area contributed by atoms with Crippen molar-refractivity contribution in [3.05, 3.63) is 63.9 Å². The van der Waals surface area contributed by atoms with Gasteiger partial charge in [-0.25, -0.2) is 4.98 Å². The third-order valence-electron chi connectivity index (χ3n) is 5.31. The van der Waals surface area contributed by atoms with Crippen LogP contribution in [0, 0.1) is 0 Å². The van der Waals surface area contributed by atoms with Gasteiger partial charge in [0.1, 0.15) is 5.82 Å². The highest BCUT2D eigenvalue weighted by Crippen LogP contribution is 2.43. The predicted octanol–water partition coefficient (Wildman–Crippen LogP) is 2.67. The molecule has 0 saturated carbocycles. The van der Waals surface area contributed by atoms with Gasteiger partial charge >= 0.3 is 0 Å². The number of ether oxygens (including phenoxy) is 2. The van der Waals surface area contributed by atoms with Gasteiger partial charge < -0.3 is 14.8 Å². The fourth-order valence-electron chi connectivity index (χ4n) is 4.10. The predicted molar refractivity (Wildman–Crippen MR) is 108 cm³/mol. The standard InChI is InChI=1S/C21H18N4O4/c1-28-15-9-5-6-11(18(15)29-2)12-10-16(26)23-19-17(12)20(27)24-21-22-13-7-3-4-8-14(13)25(19)21/h3-9,12H,10H2,1-2H3,(H,23,26)(H,22,24,27)/t12-/m0/s1. The van der Waals surface area contributed by atoms with Gasteiger partial charge in [-0.3, -0.25) is 19.0 Å². The molecule has 1 aliphatic heterocycles. The molecular formula is C21H18N4O4. The van der Waals surface area contributed by atoms with E-state index < -0.39 is 5.92 Å². The van der Waals surface area contributed by atoms with Crippen molar-refractivity contribution < 1.29 is 14.3 Å². The SMILES string of the molecule is COc1cccc([C@@H]2CC(=O)Nc3c2c(=O)[nH]c2nc4ccccc4n32)c1OC. The van der Waals surface area contributed by atoms with Crippen LogP contribution in [0.1, 0.15) is 23.5 Å². The van der Waals surface area contributed by atoms with Crippen LogP contribution >= 0.6 is 0 Å². The number of aromatic nitrogens is 3. The summed E-state index contributed by atoms with van der Waals surface area (Å²) in [5.74, 6) is 1.20. The van der Waals surface area contributed by atoms with Crippen LogP contribution in [0.4, 0.5) is 5.82 Å². The Morgan fingerprint density at radius 2 is 1.90 bits per heavy atom. The maximum atomic E-state index is 13.1. The molecule has 8 nitrogen and oxygen atoms in total. The average Bonchev–Trinajstić information content (AvgIpc) is 3.10. The molecular weight excluding hydrogens is 372 g/mol. The summed E-state index contributed by atoms with van der Waals surface area (Å²) in [6.07, 6.45) is 0.123. The maximum absolute atomic E-state index is 13.1. The first-order valence-electron chi connectivity index (χ1n) is 9.16. The average molecular weight is 390 g/mol. The van der Waals surface area contributed by atoms with Crippen molar-refractivity contribution in [2.45, 2.75) is 12.3 Å². The number of para-hydroxylation sites is 3. The van der Waals surface area contributed by atoms with E-state index in [2.05, 4.69) is 15.3 Å². The Balaban J connectivity index is 1.85.